The first-order valence-corrected chi connectivity index (χ1v) is 9.96. The molecule has 1 aromatic carbocycles. The van der Waals surface area contributed by atoms with Gasteiger partial charge in [0.25, 0.3) is 0 Å². The minimum atomic E-state index is -2.88. The van der Waals surface area contributed by atoms with Crippen LogP contribution in [-0.2, 0) is 0 Å². The van der Waals surface area contributed by atoms with Gasteiger partial charge >= 0.3 is 5.97 Å². The van der Waals surface area contributed by atoms with E-state index in [-0.39, 0.29) is 46.8 Å². The van der Waals surface area contributed by atoms with E-state index in [0.717, 1.165) is 38.3 Å². The molecule has 1 aliphatic carbocycles. The zero-order valence-corrected chi connectivity index (χ0v) is 17.0. The lowest BCUT2D eigenvalue weighted by molar-refractivity contribution is 0.0695. The normalized spacial score (nSPS) is 25.1. The van der Waals surface area contributed by atoms with Gasteiger partial charge in [0.1, 0.15) is 11.3 Å². The number of ether oxygens (including phenoxy) is 1. The number of nitrogens with zero attached hydrogens (tertiary/aromatic N) is 2. The molecule has 2 N–H and O–H groups in total. The molecule has 162 valence electrons. The number of hydrogen-bond acceptors (Lipinski definition) is 5. The first kappa shape index (κ1) is 17.4. The van der Waals surface area contributed by atoms with Crippen molar-refractivity contribution < 1.29 is 23.1 Å². The number of nitrogens with one attached hydrogen (secondary N) is 1. The van der Waals surface area contributed by atoms with E-state index in [4.69, 9.17) is 8.85 Å². The van der Waals surface area contributed by atoms with Crippen LogP contribution < -0.4 is 20.4 Å². The van der Waals surface area contributed by atoms with Crippen LogP contribution in [0.5, 0.6) is 5.75 Å². The molecule has 0 spiro atoms. The molecule has 30 heavy (non-hydrogen) atoms. The summed E-state index contributed by atoms with van der Waals surface area (Å²) in [4.78, 5) is 26.3. The number of anilines is 1. The van der Waals surface area contributed by atoms with Crippen LogP contribution >= 0.6 is 12.4 Å². The lowest BCUT2D eigenvalue weighted by atomic mass is 9.94. The Balaban J connectivity index is 0.00000259. The summed E-state index contributed by atoms with van der Waals surface area (Å²) < 4.78 is 45.5. The van der Waals surface area contributed by atoms with E-state index in [0.29, 0.717) is 19.0 Å². The van der Waals surface area contributed by atoms with Gasteiger partial charge in [0, 0.05) is 31.4 Å². The van der Waals surface area contributed by atoms with Crippen LogP contribution in [0.15, 0.2) is 17.1 Å². The highest BCUT2D eigenvalue weighted by molar-refractivity contribution is 5.97. The number of carbonyl (C=O) groups is 1. The largest absolute Gasteiger partial charge is 0.492 e. The van der Waals surface area contributed by atoms with Gasteiger partial charge in [-0.25, -0.2) is 9.18 Å². The number of methoxy groups -OCH3 is 1. The molecule has 2 saturated heterocycles. The van der Waals surface area contributed by atoms with Crippen molar-refractivity contribution in [3.05, 3.63) is 33.9 Å². The van der Waals surface area contributed by atoms with Crippen LogP contribution in [0.2, 0.25) is 0 Å². The third kappa shape index (κ3) is 3.22. The van der Waals surface area contributed by atoms with Gasteiger partial charge < -0.3 is 24.6 Å². The van der Waals surface area contributed by atoms with Crippen LogP contribution in [-0.4, -0.2) is 48.4 Å². The number of pyridine rings is 1. The summed E-state index contributed by atoms with van der Waals surface area (Å²) in [6.07, 6.45) is 4.73. The number of piperidine rings is 1. The third-order valence-corrected chi connectivity index (χ3v) is 6.39. The summed E-state index contributed by atoms with van der Waals surface area (Å²) in [5, 5.41) is 12.7. The Morgan fingerprint density at radius 2 is 2.17 bits per heavy atom. The smallest absolute Gasteiger partial charge is 0.341 e. The van der Waals surface area contributed by atoms with Crippen molar-refractivity contribution in [1.82, 2.24) is 9.88 Å². The number of rotatable bonds is 4. The second-order valence-electron chi connectivity index (χ2n) is 8.22. The SMILES string of the molecule is Cl.[2H][13C]([2H])([2H])Oc1c(N2C[C@@H]3CCCN[C@@H]3C2)c(F)cc2c(=O)c(C(=O)O)cn(C3CC3)c12. The molecule has 0 bridgehead atoms. The zero-order valence-electron chi connectivity index (χ0n) is 19.2. The number of fused-ring (bicyclic) bond motifs is 2. The van der Waals surface area contributed by atoms with Crippen molar-refractivity contribution >= 4 is 35.0 Å². The third-order valence-electron chi connectivity index (χ3n) is 6.39. The highest BCUT2D eigenvalue weighted by Crippen LogP contribution is 2.45. The Morgan fingerprint density at radius 3 is 2.83 bits per heavy atom. The number of halogens is 2. The van der Waals surface area contributed by atoms with Crippen molar-refractivity contribution in [1.29, 1.82) is 0 Å². The Bertz CT molecular complexity index is 1150. The quantitative estimate of drug-likeness (QED) is 0.710. The molecule has 2 aliphatic heterocycles. The molecule has 7 nitrogen and oxygen atoms in total. The summed E-state index contributed by atoms with van der Waals surface area (Å²) in [6.45, 7) is 1.91. The fraction of sp³-hybridized carbons (Fsp3) is 0.524. The number of carboxylic acid groups (broad SMARTS) is 1. The maximum Gasteiger partial charge on any atom is 0.341 e. The lowest BCUT2D eigenvalue weighted by Crippen LogP contribution is -2.40. The molecule has 0 amide bonds. The van der Waals surface area contributed by atoms with E-state index in [9.17, 15) is 14.7 Å². The lowest BCUT2D eigenvalue weighted by Gasteiger charge is -2.25. The van der Waals surface area contributed by atoms with E-state index in [2.05, 4.69) is 5.32 Å². The zero-order chi connectivity index (χ0) is 22.8. The molecule has 2 atom stereocenters. The van der Waals surface area contributed by atoms with Crippen LogP contribution in [0.4, 0.5) is 10.1 Å². The molecule has 3 aliphatic rings. The Hall–Kier alpha value is -2.32. The second kappa shape index (κ2) is 7.74. The molecule has 5 rings (SSSR count). The topological polar surface area (TPSA) is 83.8 Å². The van der Waals surface area contributed by atoms with Gasteiger partial charge in [-0.3, -0.25) is 4.79 Å². The number of aromatic nitrogens is 1. The number of carboxylic acids is 1. The number of benzene rings is 1. The average Bonchev–Trinajstić information content (AvgIpc) is 3.46. The van der Waals surface area contributed by atoms with E-state index < -0.39 is 29.8 Å². The maximum atomic E-state index is 15.5. The summed E-state index contributed by atoms with van der Waals surface area (Å²) in [5.74, 6) is -2.12. The highest BCUT2D eigenvalue weighted by Gasteiger charge is 2.38. The minimum Gasteiger partial charge on any atom is -0.492 e. The van der Waals surface area contributed by atoms with Crippen LogP contribution in [0, 0.1) is 11.7 Å². The first-order valence-electron chi connectivity index (χ1n) is 11.5. The molecule has 9 heteroatoms. The monoisotopic (exact) mass is 441 g/mol. The Labute approximate surface area is 183 Å². The van der Waals surface area contributed by atoms with Gasteiger partial charge in [0.2, 0.25) is 5.43 Å². The number of hydrogen-bond donors (Lipinski definition) is 2. The standard InChI is InChI=1S/C21H24FN3O4.ClH/c1-29-20-17-13(19(26)14(21(27)28)9-25(17)12-4-5-12)7-15(22)18(20)24-8-11-3-2-6-23-16(11)10-24;/h7,9,11-12,16,23H,2-6,8,10H2,1H3,(H,27,28);1H/t11-,16+;/m0./s1/i1+1D3;. The minimum absolute atomic E-state index is 0. The fourth-order valence-corrected chi connectivity index (χ4v) is 4.86. The fourth-order valence-electron chi connectivity index (χ4n) is 4.86. The van der Waals surface area contributed by atoms with Gasteiger partial charge in [-0.05, 0) is 44.2 Å². The van der Waals surface area contributed by atoms with Crippen molar-refractivity contribution in [3.8, 4) is 5.75 Å². The van der Waals surface area contributed by atoms with Crippen molar-refractivity contribution in [2.45, 2.75) is 37.8 Å². The van der Waals surface area contributed by atoms with Crippen molar-refractivity contribution in [3.63, 3.8) is 0 Å². The highest BCUT2D eigenvalue weighted by atomic mass is 35.5. The predicted octanol–water partition coefficient (Wildman–Crippen LogP) is 2.79. The summed E-state index contributed by atoms with van der Waals surface area (Å²) in [5.41, 5.74) is -1.19. The van der Waals surface area contributed by atoms with Gasteiger partial charge in [-0.15, -0.1) is 12.4 Å². The van der Waals surface area contributed by atoms with E-state index in [1.165, 1.54) is 6.20 Å². The molecule has 1 saturated carbocycles. The summed E-state index contributed by atoms with van der Waals surface area (Å²) >= 11 is 0. The van der Waals surface area contributed by atoms with Crippen LogP contribution in [0.1, 0.15) is 46.2 Å². The van der Waals surface area contributed by atoms with Gasteiger partial charge in [0.15, 0.2) is 11.6 Å². The molecule has 2 aromatic rings. The summed E-state index contributed by atoms with van der Waals surface area (Å²) in [7, 11) is -2.88. The molecular weight excluding hydrogens is 414 g/mol. The molecule has 3 fully saturated rings. The van der Waals surface area contributed by atoms with Gasteiger partial charge in [-0.2, -0.15) is 0 Å². The molecule has 1 aromatic heterocycles. The van der Waals surface area contributed by atoms with Crippen molar-refractivity contribution in [2.24, 2.45) is 5.92 Å². The maximum absolute atomic E-state index is 15.5. The predicted molar refractivity (Wildman–Crippen MR) is 114 cm³/mol. The molecule has 3 heterocycles. The second-order valence-corrected chi connectivity index (χ2v) is 8.22. The van der Waals surface area contributed by atoms with E-state index >= 15 is 4.39 Å². The molecule has 0 unspecified atom stereocenters. The van der Waals surface area contributed by atoms with E-state index in [1.807, 2.05) is 0 Å². The molecular formula is C21H25ClFN3O4. The van der Waals surface area contributed by atoms with Gasteiger partial charge in [-0.1, -0.05) is 0 Å². The Kier molecular flexibility index (Phi) is 4.48. The Morgan fingerprint density at radius 1 is 1.37 bits per heavy atom. The average molecular weight is 442 g/mol. The van der Waals surface area contributed by atoms with E-state index in [1.54, 1.807) is 9.47 Å². The molecule has 0 radical (unpaired) electrons. The van der Waals surface area contributed by atoms with Crippen molar-refractivity contribution in [2.75, 3.05) is 31.6 Å². The van der Waals surface area contributed by atoms with Gasteiger partial charge in [0.05, 0.1) is 22.1 Å². The summed E-state index contributed by atoms with van der Waals surface area (Å²) in [6, 6.07) is 1.09. The first-order chi connectivity index (χ1) is 15.1. The van der Waals surface area contributed by atoms with Crippen LogP contribution in [0.3, 0.4) is 0 Å². The van der Waals surface area contributed by atoms with Crippen LogP contribution in [0.25, 0.3) is 10.9 Å². The number of aromatic carboxylic acids is 1.